The van der Waals surface area contributed by atoms with Crippen molar-refractivity contribution in [3.05, 3.63) is 41.0 Å². The molecule has 164 valence electrons. The lowest BCUT2D eigenvalue weighted by Crippen LogP contribution is -2.44. The number of rotatable bonds is 6. The number of amides is 2. The maximum Gasteiger partial charge on any atom is 0.245 e. The van der Waals surface area contributed by atoms with Crippen molar-refractivity contribution in [2.45, 2.75) is 60.3 Å². The molecule has 0 bridgehead atoms. The molecule has 0 aliphatic carbocycles. The Morgan fingerprint density at radius 2 is 1.70 bits per heavy atom. The van der Waals surface area contributed by atoms with E-state index in [0.717, 1.165) is 17.8 Å². The van der Waals surface area contributed by atoms with Gasteiger partial charge in [0.25, 0.3) is 0 Å². The predicted octanol–water partition coefficient (Wildman–Crippen LogP) is 5.05. The number of hydrogen-bond acceptors (Lipinski definition) is 3. The van der Waals surface area contributed by atoms with Gasteiger partial charge in [0.2, 0.25) is 11.8 Å². The van der Waals surface area contributed by atoms with Gasteiger partial charge >= 0.3 is 0 Å². The lowest BCUT2D eigenvalue weighted by Gasteiger charge is -2.28. The van der Waals surface area contributed by atoms with Gasteiger partial charge in [0, 0.05) is 28.5 Å². The summed E-state index contributed by atoms with van der Waals surface area (Å²) in [7, 11) is 0. The van der Waals surface area contributed by atoms with Gasteiger partial charge in [-0.2, -0.15) is 5.10 Å². The standard InChI is InChI=1S/C23H33ClN4O2/c1-8-13-27(21(30)23(5,6)7)15-20(29)25-19-14-18(22(2,3)4)26-28(19)17-11-9-16(24)10-12-17/h9-12,14H,8,13,15H2,1-7H3,(H,25,29). The number of carbonyl (C=O) groups is 2. The van der Waals surface area contributed by atoms with Gasteiger partial charge in [-0.05, 0) is 30.7 Å². The average molecular weight is 433 g/mol. The van der Waals surface area contributed by atoms with Gasteiger partial charge in [-0.1, -0.05) is 60.1 Å². The van der Waals surface area contributed by atoms with Crippen molar-refractivity contribution in [2.24, 2.45) is 5.41 Å². The summed E-state index contributed by atoms with van der Waals surface area (Å²) < 4.78 is 1.70. The highest BCUT2D eigenvalue weighted by Gasteiger charge is 2.28. The zero-order valence-electron chi connectivity index (χ0n) is 19.0. The van der Waals surface area contributed by atoms with E-state index in [0.29, 0.717) is 17.4 Å². The van der Waals surface area contributed by atoms with Gasteiger partial charge in [0.1, 0.15) is 5.82 Å². The number of nitrogens with one attached hydrogen (secondary N) is 1. The van der Waals surface area contributed by atoms with Crippen LogP contribution < -0.4 is 5.32 Å². The van der Waals surface area contributed by atoms with E-state index in [1.165, 1.54) is 0 Å². The second kappa shape index (κ2) is 9.21. The molecule has 0 radical (unpaired) electrons. The lowest BCUT2D eigenvalue weighted by atomic mass is 9.92. The summed E-state index contributed by atoms with van der Waals surface area (Å²) in [4.78, 5) is 27.2. The molecule has 0 spiro atoms. The van der Waals surface area contributed by atoms with Crippen LogP contribution in [0, 0.1) is 5.41 Å². The number of aromatic nitrogens is 2. The van der Waals surface area contributed by atoms with Gasteiger partial charge in [-0.25, -0.2) is 4.68 Å². The maximum absolute atomic E-state index is 12.9. The summed E-state index contributed by atoms with van der Waals surface area (Å²) in [6, 6.07) is 9.15. The van der Waals surface area contributed by atoms with E-state index in [1.807, 2.05) is 45.9 Å². The van der Waals surface area contributed by atoms with Gasteiger partial charge in [0.05, 0.1) is 17.9 Å². The Bertz CT molecular complexity index is 889. The van der Waals surface area contributed by atoms with Gasteiger partial charge in [-0.3, -0.25) is 9.59 Å². The summed E-state index contributed by atoms with van der Waals surface area (Å²) in [5, 5.41) is 8.28. The molecule has 0 saturated heterocycles. The molecule has 7 heteroatoms. The van der Waals surface area contributed by atoms with E-state index in [2.05, 4.69) is 26.1 Å². The molecule has 2 aromatic rings. The summed E-state index contributed by atoms with van der Waals surface area (Å²) in [5.74, 6) is 0.268. The topological polar surface area (TPSA) is 67.2 Å². The first-order valence-electron chi connectivity index (χ1n) is 10.3. The SMILES string of the molecule is CCCN(CC(=O)Nc1cc(C(C)(C)C)nn1-c1ccc(Cl)cc1)C(=O)C(C)(C)C. The highest BCUT2D eigenvalue weighted by molar-refractivity contribution is 6.30. The number of anilines is 1. The summed E-state index contributed by atoms with van der Waals surface area (Å²) in [5.41, 5.74) is 0.915. The number of halogens is 1. The summed E-state index contributed by atoms with van der Waals surface area (Å²) >= 11 is 6.02. The zero-order chi connectivity index (χ0) is 22.7. The van der Waals surface area contributed by atoms with Crippen LogP contribution in [-0.2, 0) is 15.0 Å². The summed E-state index contributed by atoms with van der Waals surface area (Å²) in [6.45, 7) is 14.3. The highest BCUT2D eigenvalue weighted by Crippen LogP contribution is 2.27. The Hall–Kier alpha value is -2.34. The van der Waals surface area contributed by atoms with Crippen molar-refractivity contribution >= 4 is 29.2 Å². The van der Waals surface area contributed by atoms with Crippen molar-refractivity contribution in [1.82, 2.24) is 14.7 Å². The number of benzene rings is 1. The molecule has 0 saturated carbocycles. The molecule has 1 N–H and O–H groups in total. The van der Waals surface area contributed by atoms with Crippen LogP contribution in [0.15, 0.2) is 30.3 Å². The lowest BCUT2D eigenvalue weighted by molar-refractivity contribution is -0.141. The maximum atomic E-state index is 12.9. The molecule has 6 nitrogen and oxygen atoms in total. The second-order valence-corrected chi connectivity index (χ2v) is 10.0. The predicted molar refractivity (Wildman–Crippen MR) is 122 cm³/mol. The molecule has 2 rings (SSSR count). The smallest absolute Gasteiger partial charge is 0.245 e. The van der Waals surface area contributed by atoms with Crippen LogP contribution in [0.1, 0.15) is 60.6 Å². The normalized spacial score (nSPS) is 12.0. The van der Waals surface area contributed by atoms with Crippen LogP contribution in [0.3, 0.4) is 0 Å². The van der Waals surface area contributed by atoms with Crippen LogP contribution in [0.25, 0.3) is 5.69 Å². The van der Waals surface area contributed by atoms with Gasteiger partial charge < -0.3 is 10.2 Å². The van der Waals surface area contributed by atoms with E-state index < -0.39 is 5.41 Å². The van der Waals surface area contributed by atoms with Crippen molar-refractivity contribution < 1.29 is 9.59 Å². The first-order chi connectivity index (χ1) is 13.8. The van der Waals surface area contributed by atoms with Crippen LogP contribution in [-0.4, -0.2) is 39.6 Å². The third-order valence-electron chi connectivity index (χ3n) is 4.57. The van der Waals surface area contributed by atoms with Crippen LogP contribution in [0.5, 0.6) is 0 Å². The molecule has 2 amide bonds. The molecule has 0 aliphatic rings. The Balaban J connectivity index is 2.31. The average Bonchev–Trinajstić information content (AvgIpc) is 3.04. The van der Waals surface area contributed by atoms with Crippen LogP contribution in [0.4, 0.5) is 5.82 Å². The minimum absolute atomic E-state index is 0.000588. The third-order valence-corrected chi connectivity index (χ3v) is 4.83. The molecule has 1 aromatic carbocycles. The fourth-order valence-electron chi connectivity index (χ4n) is 2.97. The molecule has 0 aliphatic heterocycles. The highest BCUT2D eigenvalue weighted by atomic mass is 35.5. The fraction of sp³-hybridized carbons (Fsp3) is 0.522. The molecule has 30 heavy (non-hydrogen) atoms. The van der Waals surface area contributed by atoms with E-state index in [-0.39, 0.29) is 23.8 Å². The molecule has 0 unspecified atom stereocenters. The largest absolute Gasteiger partial charge is 0.333 e. The summed E-state index contributed by atoms with van der Waals surface area (Å²) in [6.07, 6.45) is 0.784. The Labute approximate surface area is 184 Å². The van der Waals surface area contributed by atoms with Crippen molar-refractivity contribution in [3.8, 4) is 5.69 Å². The van der Waals surface area contributed by atoms with Crippen LogP contribution in [0.2, 0.25) is 5.02 Å². The van der Waals surface area contributed by atoms with Gasteiger partial charge in [-0.15, -0.1) is 0 Å². The molecule has 1 aromatic heterocycles. The Kier molecular flexibility index (Phi) is 7.35. The van der Waals surface area contributed by atoms with Gasteiger partial charge in [0.15, 0.2) is 0 Å². The minimum Gasteiger partial charge on any atom is -0.333 e. The fourth-order valence-corrected chi connectivity index (χ4v) is 3.09. The number of carbonyl (C=O) groups excluding carboxylic acids is 2. The number of nitrogens with zero attached hydrogens (tertiary/aromatic N) is 3. The molecular formula is C23H33ClN4O2. The monoisotopic (exact) mass is 432 g/mol. The first kappa shape index (κ1) is 23.9. The third kappa shape index (κ3) is 6.08. The van der Waals surface area contributed by atoms with E-state index >= 15 is 0 Å². The quantitative estimate of drug-likeness (QED) is 0.694. The Morgan fingerprint density at radius 3 is 2.20 bits per heavy atom. The van der Waals surface area contributed by atoms with Crippen molar-refractivity contribution in [1.29, 1.82) is 0 Å². The van der Waals surface area contributed by atoms with E-state index in [1.54, 1.807) is 21.7 Å². The molecular weight excluding hydrogens is 400 g/mol. The van der Waals surface area contributed by atoms with Crippen molar-refractivity contribution in [3.63, 3.8) is 0 Å². The molecule has 1 heterocycles. The Morgan fingerprint density at radius 1 is 1.10 bits per heavy atom. The minimum atomic E-state index is -0.542. The zero-order valence-corrected chi connectivity index (χ0v) is 19.8. The number of hydrogen-bond donors (Lipinski definition) is 1. The molecule has 0 atom stereocenters. The molecule has 0 fully saturated rings. The second-order valence-electron chi connectivity index (χ2n) is 9.58. The first-order valence-corrected chi connectivity index (χ1v) is 10.7. The van der Waals surface area contributed by atoms with Crippen molar-refractivity contribution in [2.75, 3.05) is 18.4 Å². The van der Waals surface area contributed by atoms with E-state index in [4.69, 9.17) is 16.7 Å². The van der Waals surface area contributed by atoms with E-state index in [9.17, 15) is 9.59 Å². The van der Waals surface area contributed by atoms with Crippen LogP contribution >= 0.6 is 11.6 Å².